The van der Waals surface area contributed by atoms with E-state index in [1.165, 1.54) is 18.2 Å². The first-order chi connectivity index (χ1) is 16.9. The van der Waals surface area contributed by atoms with Gasteiger partial charge in [-0.15, -0.1) is 0 Å². The van der Waals surface area contributed by atoms with Gasteiger partial charge in [0.05, 0.1) is 5.75 Å². The number of alkyl halides is 6. The van der Waals surface area contributed by atoms with Crippen LogP contribution in [0.15, 0.2) is 18.2 Å². The molecule has 0 saturated heterocycles. The van der Waals surface area contributed by atoms with Gasteiger partial charge in [-0.1, -0.05) is 23.2 Å². The topological polar surface area (TPSA) is 105 Å². The summed E-state index contributed by atoms with van der Waals surface area (Å²) in [4.78, 5) is 48.5. The predicted molar refractivity (Wildman–Crippen MR) is 124 cm³/mol. The number of anilines is 1. The van der Waals surface area contributed by atoms with Crippen LogP contribution in [0.5, 0.6) is 0 Å². The fourth-order valence-corrected chi connectivity index (χ4v) is 3.96. The Morgan fingerprint density at radius 1 is 0.973 bits per heavy atom. The van der Waals surface area contributed by atoms with Gasteiger partial charge in [0.1, 0.15) is 6.04 Å². The summed E-state index contributed by atoms with van der Waals surface area (Å²) in [7, 11) is 2.29. The molecule has 2 N–H and O–H groups in total. The molecule has 17 heteroatoms. The maximum atomic E-state index is 12.8. The standard InChI is InChI=1S/C20H21Cl2F6N3O5S/c1-31(2)17(36-18(35)20(26,27)28)16(34)30-13(4-3-5-37-9-14(32)19(23,24)25)15(33)29-12-7-10(21)6-11(22)8-12/h6-8,13,17H,3-5,9H2,1-2H3,(H,29,33)(H,30,34)/t13-,17?/m0/s1. The molecule has 0 saturated carbocycles. The number of thioether (sulfide) groups is 1. The monoisotopic (exact) mass is 599 g/mol. The van der Waals surface area contributed by atoms with Crippen LogP contribution in [0, 0.1) is 0 Å². The highest BCUT2D eigenvalue weighted by Crippen LogP contribution is 2.23. The highest BCUT2D eigenvalue weighted by Gasteiger charge is 2.44. The molecule has 0 fully saturated rings. The third-order valence-corrected chi connectivity index (χ3v) is 5.72. The number of ether oxygens (including phenoxy) is 1. The smallest absolute Gasteiger partial charge is 0.430 e. The molecule has 0 aliphatic carbocycles. The number of hydrogen-bond acceptors (Lipinski definition) is 7. The zero-order valence-electron chi connectivity index (χ0n) is 19.1. The third-order valence-electron chi connectivity index (χ3n) is 4.24. The number of likely N-dealkylation sites (N-methyl/N-ethyl adjacent to an activating group) is 1. The quantitative estimate of drug-likeness (QED) is 0.162. The highest BCUT2D eigenvalue weighted by molar-refractivity contribution is 7.99. The first kappa shape index (κ1) is 32.8. The minimum Gasteiger partial charge on any atom is -0.430 e. The van der Waals surface area contributed by atoms with E-state index in [1.807, 2.05) is 0 Å². The summed E-state index contributed by atoms with van der Waals surface area (Å²) in [5.41, 5.74) is 0.111. The van der Waals surface area contributed by atoms with Crippen LogP contribution < -0.4 is 10.6 Å². The second-order valence-electron chi connectivity index (χ2n) is 7.54. The molecule has 0 radical (unpaired) electrons. The summed E-state index contributed by atoms with van der Waals surface area (Å²) >= 11 is 12.4. The van der Waals surface area contributed by atoms with Gasteiger partial charge in [0.25, 0.3) is 5.91 Å². The van der Waals surface area contributed by atoms with Crippen LogP contribution in [0.3, 0.4) is 0 Å². The Labute approximate surface area is 221 Å². The van der Waals surface area contributed by atoms with Crippen molar-refractivity contribution in [1.82, 2.24) is 10.2 Å². The van der Waals surface area contributed by atoms with Crippen LogP contribution in [0.25, 0.3) is 0 Å². The molecule has 0 aromatic heterocycles. The Kier molecular flexibility index (Phi) is 12.5. The van der Waals surface area contributed by atoms with Crippen LogP contribution in [0.2, 0.25) is 10.0 Å². The molecular weight excluding hydrogens is 579 g/mol. The number of carbonyl (C=O) groups excluding carboxylic acids is 4. The van der Waals surface area contributed by atoms with E-state index < -0.39 is 53.9 Å². The van der Waals surface area contributed by atoms with Gasteiger partial charge in [-0.25, -0.2) is 4.79 Å². The minimum atomic E-state index is -5.39. The minimum absolute atomic E-state index is 0.0133. The molecule has 2 amide bonds. The molecule has 0 aliphatic heterocycles. The van der Waals surface area contributed by atoms with Crippen molar-refractivity contribution in [1.29, 1.82) is 0 Å². The summed E-state index contributed by atoms with van der Waals surface area (Å²) in [6.07, 6.45) is -12.6. The Balaban J connectivity index is 2.97. The van der Waals surface area contributed by atoms with Gasteiger partial charge in [-0.3, -0.25) is 19.3 Å². The second kappa shape index (κ2) is 14.1. The number of rotatable bonds is 12. The molecule has 0 heterocycles. The van der Waals surface area contributed by atoms with Crippen molar-refractivity contribution in [3.05, 3.63) is 28.2 Å². The average molecular weight is 600 g/mol. The number of amides is 2. The molecule has 0 bridgehead atoms. The lowest BCUT2D eigenvalue weighted by Crippen LogP contribution is -2.53. The molecule has 2 atom stereocenters. The maximum Gasteiger partial charge on any atom is 0.490 e. The molecule has 0 spiro atoms. The number of nitrogens with one attached hydrogen (secondary N) is 2. The van der Waals surface area contributed by atoms with Gasteiger partial charge in [-0.2, -0.15) is 38.1 Å². The number of Topliss-reactive ketones (excluding diaryl/α,β-unsaturated/α-hetero) is 1. The van der Waals surface area contributed by atoms with Gasteiger partial charge >= 0.3 is 18.3 Å². The number of benzene rings is 1. The maximum absolute atomic E-state index is 12.8. The number of hydrogen-bond donors (Lipinski definition) is 2. The first-order valence-corrected chi connectivity index (χ1v) is 12.0. The van der Waals surface area contributed by atoms with E-state index in [9.17, 15) is 45.5 Å². The number of ketones is 1. The molecule has 1 aromatic rings. The van der Waals surface area contributed by atoms with E-state index in [4.69, 9.17) is 23.2 Å². The van der Waals surface area contributed by atoms with Crippen molar-refractivity contribution < 1.29 is 50.3 Å². The normalized spacial score (nSPS) is 13.6. The SMILES string of the molecule is CN(C)C(OC(=O)C(F)(F)F)C(=O)N[C@@H](CCCSCC(=O)C(F)(F)F)C(=O)Nc1cc(Cl)cc(Cl)c1. The summed E-state index contributed by atoms with van der Waals surface area (Å²) in [5.74, 6) is -7.61. The lowest BCUT2D eigenvalue weighted by Gasteiger charge is -2.26. The Bertz CT molecular complexity index is 974. The zero-order valence-corrected chi connectivity index (χ0v) is 21.5. The lowest BCUT2D eigenvalue weighted by molar-refractivity contribution is -0.211. The van der Waals surface area contributed by atoms with Crippen molar-refractivity contribution in [3.63, 3.8) is 0 Å². The van der Waals surface area contributed by atoms with E-state index in [1.54, 1.807) is 0 Å². The van der Waals surface area contributed by atoms with Crippen LogP contribution in [0.4, 0.5) is 32.0 Å². The number of esters is 1. The fraction of sp³-hybridized carbons (Fsp3) is 0.500. The predicted octanol–water partition coefficient (Wildman–Crippen LogP) is 4.05. The van der Waals surface area contributed by atoms with Crippen LogP contribution in [-0.2, 0) is 23.9 Å². The number of halogens is 8. The van der Waals surface area contributed by atoms with Crippen molar-refractivity contribution in [3.8, 4) is 0 Å². The summed E-state index contributed by atoms with van der Waals surface area (Å²) < 4.78 is 78.9. The second-order valence-corrected chi connectivity index (χ2v) is 9.52. The van der Waals surface area contributed by atoms with Gasteiger partial charge in [0, 0.05) is 15.7 Å². The molecule has 208 valence electrons. The van der Waals surface area contributed by atoms with Crippen LogP contribution in [-0.4, -0.2) is 78.7 Å². The summed E-state index contributed by atoms with van der Waals surface area (Å²) in [6, 6.07) is 2.57. The fourth-order valence-electron chi connectivity index (χ4n) is 2.57. The van der Waals surface area contributed by atoms with E-state index in [2.05, 4.69) is 15.4 Å². The molecule has 1 aromatic carbocycles. The van der Waals surface area contributed by atoms with Crippen molar-refractivity contribution in [2.24, 2.45) is 0 Å². The Hall–Kier alpha value is -2.23. The highest BCUT2D eigenvalue weighted by atomic mass is 35.5. The van der Waals surface area contributed by atoms with Gasteiger partial charge in [-0.05, 0) is 50.9 Å². The Morgan fingerprint density at radius 3 is 2.03 bits per heavy atom. The van der Waals surface area contributed by atoms with Crippen molar-refractivity contribution >= 4 is 64.2 Å². The van der Waals surface area contributed by atoms with Crippen molar-refractivity contribution in [2.75, 3.05) is 30.9 Å². The van der Waals surface area contributed by atoms with E-state index in [-0.39, 0.29) is 34.3 Å². The number of nitrogens with zero attached hydrogens (tertiary/aromatic N) is 1. The largest absolute Gasteiger partial charge is 0.490 e. The average Bonchev–Trinajstić information content (AvgIpc) is 2.73. The molecule has 0 aliphatic rings. The van der Waals surface area contributed by atoms with Crippen LogP contribution >= 0.6 is 35.0 Å². The lowest BCUT2D eigenvalue weighted by atomic mass is 10.1. The van der Waals surface area contributed by atoms with Crippen molar-refractivity contribution in [2.45, 2.75) is 37.5 Å². The van der Waals surface area contributed by atoms with E-state index in [0.717, 1.165) is 19.0 Å². The molecule has 8 nitrogen and oxygen atoms in total. The summed E-state index contributed by atoms with van der Waals surface area (Å²) in [6.45, 7) is 0. The molecular formula is C20H21Cl2F6N3O5S. The van der Waals surface area contributed by atoms with E-state index in [0.29, 0.717) is 11.8 Å². The summed E-state index contributed by atoms with van der Waals surface area (Å²) in [5, 5.41) is 4.88. The first-order valence-electron chi connectivity index (χ1n) is 10.1. The van der Waals surface area contributed by atoms with Crippen LogP contribution in [0.1, 0.15) is 12.8 Å². The molecule has 1 rings (SSSR count). The Morgan fingerprint density at radius 2 is 1.54 bits per heavy atom. The van der Waals surface area contributed by atoms with Gasteiger partial charge in [0.15, 0.2) is 0 Å². The molecule has 37 heavy (non-hydrogen) atoms. The number of carbonyl (C=O) groups is 4. The zero-order chi connectivity index (χ0) is 28.6. The molecule has 1 unspecified atom stereocenters. The van der Waals surface area contributed by atoms with Gasteiger partial charge < -0.3 is 15.4 Å². The van der Waals surface area contributed by atoms with E-state index >= 15 is 0 Å². The van der Waals surface area contributed by atoms with Gasteiger partial charge in [0.2, 0.25) is 17.9 Å². The third kappa shape index (κ3) is 11.8.